The van der Waals surface area contributed by atoms with Gasteiger partial charge in [-0.3, -0.25) is 14.4 Å². The van der Waals surface area contributed by atoms with Gasteiger partial charge in [0.15, 0.2) is 30.6 Å². The van der Waals surface area contributed by atoms with Crippen molar-refractivity contribution in [2.75, 3.05) is 6.61 Å². The summed E-state index contributed by atoms with van der Waals surface area (Å²) in [7, 11) is 0. The number of hydrogen-bond donors (Lipinski definition) is 0. The van der Waals surface area contributed by atoms with Gasteiger partial charge in [-0.05, 0) is 5.53 Å². The van der Waals surface area contributed by atoms with Crippen LogP contribution in [0.25, 0.3) is 10.4 Å². The van der Waals surface area contributed by atoms with Crippen molar-refractivity contribution < 1.29 is 42.9 Å². The molecule has 12 heteroatoms. The van der Waals surface area contributed by atoms with Crippen LogP contribution < -0.4 is 0 Å². The van der Waals surface area contributed by atoms with E-state index < -0.39 is 54.5 Å². The second-order valence-electron chi connectivity index (χ2n) is 5.29. The van der Waals surface area contributed by atoms with Crippen molar-refractivity contribution in [3.63, 3.8) is 0 Å². The number of ether oxygens (including phenoxy) is 5. The third-order valence-electron chi connectivity index (χ3n) is 3.16. The molecule has 0 aromatic carbocycles. The highest BCUT2D eigenvalue weighted by molar-refractivity contribution is 5.77. The summed E-state index contributed by atoms with van der Waals surface area (Å²) >= 11 is 0. The van der Waals surface area contributed by atoms with Crippen LogP contribution in [0.1, 0.15) is 20.8 Å². The fraction of sp³-hybridized carbons (Fsp3) is 0.600. The molecule has 0 unspecified atom stereocenters. The molecule has 0 amide bonds. The van der Waals surface area contributed by atoms with Crippen LogP contribution in [0.2, 0.25) is 0 Å². The van der Waals surface area contributed by atoms with Gasteiger partial charge in [0.25, 0.3) is 0 Å². The topological polar surface area (TPSA) is 163 Å². The van der Waals surface area contributed by atoms with E-state index in [1.807, 2.05) is 0 Å². The SMILES string of the molecule is C=CCOC(=O)[C@H]1O[C@H](N=[N+]=[N-])[C@H](OC(C)=O)[C@@H](OC(C)=O)[C@@H]1OC(C)=O. The van der Waals surface area contributed by atoms with Crippen LogP contribution in [0.15, 0.2) is 17.8 Å². The zero-order chi connectivity index (χ0) is 20.6. The van der Waals surface area contributed by atoms with Gasteiger partial charge in [-0.2, -0.15) is 0 Å². The normalized spacial score (nSPS) is 26.7. The first kappa shape index (κ1) is 21.9. The van der Waals surface area contributed by atoms with Crippen molar-refractivity contribution in [3.8, 4) is 0 Å². The average Bonchev–Trinajstić information content (AvgIpc) is 2.56. The van der Waals surface area contributed by atoms with Gasteiger partial charge in [0, 0.05) is 25.7 Å². The Hall–Kier alpha value is -3.11. The minimum Gasteiger partial charge on any atom is -0.459 e. The van der Waals surface area contributed by atoms with E-state index in [2.05, 4.69) is 16.6 Å². The van der Waals surface area contributed by atoms with Gasteiger partial charge < -0.3 is 23.7 Å². The Morgan fingerprint density at radius 2 is 1.56 bits per heavy atom. The summed E-state index contributed by atoms with van der Waals surface area (Å²) in [6.45, 7) is 6.38. The predicted octanol–water partition coefficient (Wildman–Crippen LogP) is 0.546. The monoisotopic (exact) mass is 385 g/mol. The Kier molecular flexibility index (Phi) is 8.24. The van der Waals surface area contributed by atoms with Gasteiger partial charge in [-0.25, -0.2) is 4.79 Å². The van der Waals surface area contributed by atoms with Crippen molar-refractivity contribution in [2.24, 2.45) is 5.11 Å². The van der Waals surface area contributed by atoms with E-state index in [4.69, 9.17) is 29.2 Å². The van der Waals surface area contributed by atoms with Crippen molar-refractivity contribution in [2.45, 2.75) is 51.4 Å². The third-order valence-corrected chi connectivity index (χ3v) is 3.16. The first-order chi connectivity index (χ1) is 12.7. The summed E-state index contributed by atoms with van der Waals surface area (Å²) in [5.74, 6) is -3.45. The molecule has 1 rings (SSSR count). The highest BCUT2D eigenvalue weighted by Crippen LogP contribution is 2.30. The summed E-state index contributed by atoms with van der Waals surface area (Å²) < 4.78 is 25.4. The number of nitrogens with zero attached hydrogens (tertiary/aromatic N) is 3. The number of carbonyl (C=O) groups excluding carboxylic acids is 4. The van der Waals surface area contributed by atoms with Gasteiger partial charge in [0.2, 0.25) is 0 Å². The second kappa shape index (κ2) is 10.1. The van der Waals surface area contributed by atoms with E-state index in [1.54, 1.807) is 0 Å². The van der Waals surface area contributed by atoms with Gasteiger partial charge in [0.05, 0.1) is 0 Å². The predicted molar refractivity (Wildman–Crippen MR) is 85.6 cm³/mol. The van der Waals surface area contributed by atoms with E-state index in [9.17, 15) is 19.2 Å². The molecule has 12 nitrogen and oxygen atoms in total. The molecule has 0 spiro atoms. The molecule has 27 heavy (non-hydrogen) atoms. The lowest BCUT2D eigenvalue weighted by atomic mass is 9.97. The summed E-state index contributed by atoms with van der Waals surface area (Å²) in [6.07, 6.45) is -6.33. The summed E-state index contributed by atoms with van der Waals surface area (Å²) in [5, 5.41) is 3.32. The number of esters is 4. The first-order valence-corrected chi connectivity index (χ1v) is 7.70. The Balaban J connectivity index is 3.37. The number of rotatable bonds is 7. The van der Waals surface area contributed by atoms with Crippen LogP contribution in [-0.4, -0.2) is 61.1 Å². The molecule has 0 aliphatic carbocycles. The highest BCUT2D eigenvalue weighted by Gasteiger charge is 2.54. The Morgan fingerprint density at radius 1 is 1.04 bits per heavy atom. The zero-order valence-corrected chi connectivity index (χ0v) is 14.9. The molecule has 5 atom stereocenters. The average molecular weight is 385 g/mol. The minimum absolute atomic E-state index is 0.177. The number of carbonyl (C=O) groups is 4. The molecular weight excluding hydrogens is 366 g/mol. The molecule has 0 radical (unpaired) electrons. The molecule has 0 bridgehead atoms. The number of hydrogen-bond acceptors (Lipinski definition) is 10. The van der Waals surface area contributed by atoms with E-state index >= 15 is 0 Å². The van der Waals surface area contributed by atoms with Crippen molar-refractivity contribution in [1.29, 1.82) is 0 Å². The zero-order valence-electron chi connectivity index (χ0n) is 14.9. The van der Waals surface area contributed by atoms with Crippen LogP contribution >= 0.6 is 0 Å². The summed E-state index contributed by atoms with van der Waals surface area (Å²) in [6, 6.07) is 0. The molecule has 0 N–H and O–H groups in total. The molecule has 1 saturated heterocycles. The Morgan fingerprint density at radius 3 is 2.04 bits per heavy atom. The fourth-order valence-electron chi connectivity index (χ4n) is 2.35. The molecule has 0 aromatic heterocycles. The largest absolute Gasteiger partial charge is 0.459 e. The van der Waals surface area contributed by atoms with Crippen molar-refractivity contribution in [1.82, 2.24) is 0 Å². The molecule has 0 aromatic rings. The highest BCUT2D eigenvalue weighted by atomic mass is 16.7. The second-order valence-corrected chi connectivity index (χ2v) is 5.29. The van der Waals surface area contributed by atoms with Gasteiger partial charge in [-0.15, -0.1) is 0 Å². The molecule has 1 heterocycles. The van der Waals surface area contributed by atoms with Crippen LogP contribution in [0.4, 0.5) is 0 Å². The van der Waals surface area contributed by atoms with Crippen LogP contribution in [-0.2, 0) is 42.9 Å². The van der Waals surface area contributed by atoms with E-state index in [-0.39, 0.29) is 6.61 Å². The van der Waals surface area contributed by atoms with Crippen molar-refractivity contribution >= 4 is 23.9 Å². The lowest BCUT2D eigenvalue weighted by Crippen LogP contribution is -2.62. The van der Waals surface area contributed by atoms with E-state index in [1.165, 1.54) is 6.08 Å². The Labute approximate surface area is 154 Å². The summed E-state index contributed by atoms with van der Waals surface area (Å²) in [4.78, 5) is 49.3. The lowest BCUT2D eigenvalue weighted by Gasteiger charge is -2.42. The fourth-order valence-corrected chi connectivity index (χ4v) is 2.35. The molecule has 148 valence electrons. The molecule has 1 fully saturated rings. The molecule has 1 aliphatic rings. The Bertz CT molecular complexity index is 659. The van der Waals surface area contributed by atoms with Crippen LogP contribution in [0.3, 0.4) is 0 Å². The lowest BCUT2D eigenvalue weighted by molar-refractivity contribution is -0.247. The maximum absolute atomic E-state index is 12.3. The quantitative estimate of drug-likeness (QED) is 0.152. The van der Waals surface area contributed by atoms with Crippen LogP contribution in [0.5, 0.6) is 0 Å². The summed E-state index contributed by atoms with van der Waals surface area (Å²) in [5.41, 5.74) is 8.73. The molecular formula is C15H19N3O9. The maximum Gasteiger partial charge on any atom is 0.339 e. The first-order valence-electron chi connectivity index (χ1n) is 7.70. The maximum atomic E-state index is 12.3. The van der Waals surface area contributed by atoms with Gasteiger partial charge in [0.1, 0.15) is 6.61 Å². The van der Waals surface area contributed by atoms with E-state index in [0.29, 0.717) is 0 Å². The third kappa shape index (κ3) is 6.28. The van der Waals surface area contributed by atoms with Gasteiger partial charge in [-0.1, -0.05) is 17.8 Å². The van der Waals surface area contributed by atoms with Crippen molar-refractivity contribution in [3.05, 3.63) is 23.1 Å². The van der Waals surface area contributed by atoms with Gasteiger partial charge >= 0.3 is 23.9 Å². The molecule has 0 saturated carbocycles. The smallest absolute Gasteiger partial charge is 0.339 e. The number of azide groups is 1. The molecule has 1 aliphatic heterocycles. The van der Waals surface area contributed by atoms with Crippen LogP contribution in [0, 0.1) is 0 Å². The minimum atomic E-state index is -1.61. The van der Waals surface area contributed by atoms with E-state index in [0.717, 1.165) is 20.8 Å². The standard InChI is InChI=1S/C15H19N3O9/c1-5-6-23-15(22)13-11(25-8(3)20)10(24-7(2)19)12(26-9(4)21)14(27-13)17-18-16/h5,10-14H,1,6H2,2-4H3/t10-,11-,12+,13-,14-/m0/s1.